The van der Waals surface area contributed by atoms with Gasteiger partial charge in [0.1, 0.15) is 12.6 Å². The van der Waals surface area contributed by atoms with E-state index >= 15 is 0 Å². The summed E-state index contributed by atoms with van der Waals surface area (Å²) in [6.07, 6.45) is 25.3. The highest BCUT2D eigenvalue weighted by Gasteiger charge is 2.22. The van der Waals surface area contributed by atoms with Gasteiger partial charge in [-0.1, -0.05) is 137 Å². The third kappa shape index (κ3) is 36.5. The second-order valence-electron chi connectivity index (χ2n) is 13.6. The second-order valence-corrected chi connectivity index (χ2v) is 16.3. The molecule has 0 aromatic carbocycles. The smallest absolute Gasteiger partial charge is 0.306 e. The summed E-state index contributed by atoms with van der Waals surface area (Å²) in [5.41, 5.74) is 5.48. The Balaban J connectivity index is 4.56. The summed E-state index contributed by atoms with van der Waals surface area (Å²) in [6.45, 7) is 6.57. The van der Waals surface area contributed by atoms with Crippen LogP contribution in [0.2, 0.25) is 0 Å². The van der Waals surface area contributed by atoms with Crippen LogP contribution in [0.4, 0.5) is 0 Å². The highest BCUT2D eigenvalue weighted by Crippen LogP contribution is 2.19. The van der Waals surface area contributed by atoms with Crippen molar-refractivity contribution >= 4 is 51.2 Å². The first-order valence-corrected chi connectivity index (χ1v) is 23.2. The van der Waals surface area contributed by atoms with E-state index in [-0.39, 0.29) is 63.0 Å². The van der Waals surface area contributed by atoms with E-state index in [0.717, 1.165) is 37.2 Å². The molecule has 0 saturated heterocycles. The Bertz CT molecular complexity index is 972. The maximum atomic E-state index is 13.1. The van der Waals surface area contributed by atoms with Crippen molar-refractivity contribution in [2.45, 2.75) is 168 Å². The minimum absolute atomic E-state index is 0.00350. The Labute approximate surface area is 329 Å². The predicted molar refractivity (Wildman–Crippen MR) is 223 cm³/mol. The highest BCUT2D eigenvalue weighted by molar-refractivity contribution is 8.76. The number of ether oxygens (including phenoxy) is 1. The van der Waals surface area contributed by atoms with Crippen molar-refractivity contribution in [1.82, 2.24) is 21.3 Å². The molecule has 308 valence electrons. The van der Waals surface area contributed by atoms with Gasteiger partial charge in [0.25, 0.3) is 0 Å². The number of esters is 1. The highest BCUT2D eigenvalue weighted by atomic mass is 33.1. The predicted octanol–water partition coefficient (Wildman–Crippen LogP) is 7.27. The monoisotopic (exact) mass is 786 g/mol. The number of nitrogens with two attached hydrogens (primary N) is 1. The Morgan fingerprint density at radius 2 is 1.13 bits per heavy atom. The van der Waals surface area contributed by atoms with Crippen LogP contribution in [0.5, 0.6) is 0 Å². The molecule has 1 unspecified atom stereocenters. The topological polar surface area (TPSA) is 169 Å². The average Bonchev–Trinajstić information content (AvgIpc) is 3.15. The Morgan fingerprint density at radius 1 is 0.585 bits per heavy atom. The molecule has 0 heterocycles. The van der Waals surface area contributed by atoms with Crippen LogP contribution in [-0.4, -0.2) is 79.9 Å². The third-order valence-electron chi connectivity index (χ3n) is 8.62. The minimum atomic E-state index is -0.937. The lowest BCUT2D eigenvalue weighted by molar-refractivity contribution is -0.142. The van der Waals surface area contributed by atoms with Crippen LogP contribution in [0.25, 0.3) is 0 Å². The molecule has 0 fully saturated rings. The van der Waals surface area contributed by atoms with Gasteiger partial charge in [-0.25, -0.2) is 0 Å². The largest absolute Gasteiger partial charge is 0.461 e. The zero-order valence-corrected chi connectivity index (χ0v) is 34.9. The van der Waals surface area contributed by atoms with E-state index in [1.54, 1.807) is 21.6 Å². The first kappa shape index (κ1) is 50.8. The van der Waals surface area contributed by atoms with Gasteiger partial charge in [0.15, 0.2) is 0 Å². The molecule has 0 aromatic heterocycles. The van der Waals surface area contributed by atoms with Gasteiger partial charge in [-0.15, -0.1) is 0 Å². The number of carbonyl (C=O) groups excluding carboxylic acids is 5. The van der Waals surface area contributed by atoms with E-state index in [1.807, 2.05) is 12.2 Å². The van der Waals surface area contributed by atoms with Crippen molar-refractivity contribution < 1.29 is 28.7 Å². The molecule has 6 N–H and O–H groups in total. The Hall–Kier alpha value is -2.25. The number of amides is 4. The van der Waals surface area contributed by atoms with Gasteiger partial charge < -0.3 is 31.7 Å². The molecule has 0 radical (unpaired) electrons. The van der Waals surface area contributed by atoms with E-state index in [1.165, 1.54) is 83.5 Å². The number of unbranched alkanes of at least 4 members (excludes halogenated alkanes) is 15. The van der Waals surface area contributed by atoms with Crippen LogP contribution in [0.15, 0.2) is 12.2 Å². The maximum Gasteiger partial charge on any atom is 0.306 e. The molecule has 0 bridgehead atoms. The molecule has 0 saturated carbocycles. The van der Waals surface area contributed by atoms with Crippen molar-refractivity contribution in [2.24, 2.45) is 5.73 Å². The molecule has 13 heteroatoms. The molecule has 0 rings (SSSR count). The summed E-state index contributed by atoms with van der Waals surface area (Å²) in [5.74, 6) is -0.0268. The van der Waals surface area contributed by atoms with Crippen molar-refractivity contribution in [3.63, 3.8) is 0 Å². The quantitative estimate of drug-likeness (QED) is 0.0187. The maximum absolute atomic E-state index is 13.1. The molecule has 53 heavy (non-hydrogen) atoms. The lowest BCUT2D eigenvalue weighted by atomic mass is 10.1. The standard InChI is InChI=1S/C40H75N5O6S2/c1-3-5-7-9-11-12-13-14-15-16-18-20-29-42-36(46)25-24-35(45-38(48)27-26-37(47)43-31-34-53-52-33-28-41)40(50)44-30-22-23-39(49)51-32-21-19-17-10-8-6-4-2/h19,21,35H,3-18,20,22-34,41H2,1-2H3,(H,42,46)(H,43,47)(H,44,50)(H,45,48)/b21-19-. The van der Waals surface area contributed by atoms with Crippen LogP contribution in [0.3, 0.4) is 0 Å². The first-order chi connectivity index (χ1) is 25.8. The fourth-order valence-electron chi connectivity index (χ4n) is 5.46. The van der Waals surface area contributed by atoms with E-state index < -0.39 is 17.9 Å². The molecule has 1 atom stereocenters. The van der Waals surface area contributed by atoms with Gasteiger partial charge in [0.05, 0.1) is 0 Å². The number of allylic oxidation sites excluding steroid dienone is 1. The van der Waals surface area contributed by atoms with Crippen LogP contribution in [0.1, 0.15) is 162 Å². The van der Waals surface area contributed by atoms with Gasteiger partial charge in [0.2, 0.25) is 23.6 Å². The van der Waals surface area contributed by atoms with Gasteiger partial charge in [-0.3, -0.25) is 24.0 Å². The molecular weight excluding hydrogens is 711 g/mol. The zero-order valence-electron chi connectivity index (χ0n) is 33.3. The first-order valence-electron chi connectivity index (χ1n) is 20.7. The fourth-order valence-corrected chi connectivity index (χ4v) is 7.23. The van der Waals surface area contributed by atoms with Gasteiger partial charge >= 0.3 is 5.97 Å². The molecule has 0 spiro atoms. The summed E-state index contributed by atoms with van der Waals surface area (Å²) in [5, 5.41) is 11.2. The molecule has 0 aromatic rings. The van der Waals surface area contributed by atoms with Crippen LogP contribution >= 0.6 is 21.6 Å². The van der Waals surface area contributed by atoms with Gasteiger partial charge in [-0.05, 0) is 32.1 Å². The molecule has 0 aliphatic rings. The molecule has 0 aliphatic carbocycles. The fraction of sp³-hybridized carbons (Fsp3) is 0.825. The van der Waals surface area contributed by atoms with Crippen molar-refractivity contribution in [2.75, 3.05) is 44.3 Å². The lowest BCUT2D eigenvalue weighted by Gasteiger charge is -2.18. The SMILES string of the molecule is CCCCCC/C=C\COC(=O)CCCNC(=O)C(CCC(=O)NCCCCCCCCCCCCCC)NC(=O)CCC(=O)NCCSSCCN. The Morgan fingerprint density at radius 3 is 1.79 bits per heavy atom. The van der Waals surface area contributed by atoms with E-state index in [0.29, 0.717) is 26.1 Å². The molecule has 4 amide bonds. The minimum Gasteiger partial charge on any atom is -0.461 e. The molecular formula is C40H75N5O6S2. The number of hydrogen-bond donors (Lipinski definition) is 5. The van der Waals surface area contributed by atoms with Crippen LogP contribution in [0, 0.1) is 0 Å². The van der Waals surface area contributed by atoms with Crippen molar-refractivity contribution in [1.29, 1.82) is 0 Å². The summed E-state index contributed by atoms with van der Waals surface area (Å²) in [6, 6.07) is -0.937. The lowest BCUT2D eigenvalue weighted by Crippen LogP contribution is -2.47. The van der Waals surface area contributed by atoms with Crippen LogP contribution in [-0.2, 0) is 28.7 Å². The van der Waals surface area contributed by atoms with E-state index in [4.69, 9.17) is 10.5 Å². The van der Waals surface area contributed by atoms with Gasteiger partial charge in [-0.2, -0.15) is 0 Å². The number of carbonyl (C=O) groups is 5. The Kier molecular flexibility index (Phi) is 37.8. The van der Waals surface area contributed by atoms with Crippen molar-refractivity contribution in [3.8, 4) is 0 Å². The average molecular weight is 786 g/mol. The normalized spacial score (nSPS) is 11.7. The summed E-state index contributed by atoms with van der Waals surface area (Å²) < 4.78 is 5.24. The van der Waals surface area contributed by atoms with Gasteiger partial charge in [0, 0.05) is 63.4 Å². The number of rotatable bonds is 38. The summed E-state index contributed by atoms with van der Waals surface area (Å²) in [7, 11) is 3.28. The molecule has 11 nitrogen and oxygen atoms in total. The zero-order chi connectivity index (χ0) is 39.0. The van der Waals surface area contributed by atoms with Crippen LogP contribution < -0.4 is 27.0 Å². The second kappa shape index (κ2) is 39.4. The van der Waals surface area contributed by atoms with Crippen molar-refractivity contribution in [3.05, 3.63) is 12.2 Å². The number of hydrogen-bond acceptors (Lipinski definition) is 9. The van der Waals surface area contributed by atoms with E-state index in [2.05, 4.69) is 35.1 Å². The third-order valence-corrected chi connectivity index (χ3v) is 11.1. The summed E-state index contributed by atoms with van der Waals surface area (Å²) >= 11 is 0. The number of nitrogens with one attached hydrogen (secondary N) is 4. The van der Waals surface area contributed by atoms with E-state index in [9.17, 15) is 24.0 Å². The summed E-state index contributed by atoms with van der Waals surface area (Å²) in [4.78, 5) is 62.7. The molecule has 0 aliphatic heterocycles.